The van der Waals surface area contributed by atoms with Crippen LogP contribution < -0.4 is 4.74 Å². The number of fused-ring (bicyclic) bond motifs is 5. The summed E-state index contributed by atoms with van der Waals surface area (Å²) in [5.41, 5.74) is 0.338. The summed E-state index contributed by atoms with van der Waals surface area (Å²) in [6, 6.07) is 5.77. The van der Waals surface area contributed by atoms with Gasteiger partial charge in [-0.2, -0.15) is 0 Å². The monoisotopic (exact) mass is 292 g/mol. The molecule has 1 aromatic rings. The van der Waals surface area contributed by atoms with E-state index in [0.717, 1.165) is 29.7 Å². The molecule has 1 N–H and O–H groups in total. The number of hydrogen-bond donors (Lipinski definition) is 1. The maximum atomic E-state index is 11.3. The van der Waals surface area contributed by atoms with Crippen molar-refractivity contribution in [3.8, 4) is 5.75 Å². The Morgan fingerprint density at radius 3 is 2.90 bits per heavy atom. The van der Waals surface area contributed by atoms with Crippen LogP contribution in [0.5, 0.6) is 5.75 Å². The normalized spacial score (nSPS) is 42.0. The first kappa shape index (κ1) is 13.0. The van der Waals surface area contributed by atoms with Gasteiger partial charge < -0.3 is 9.84 Å². The molecule has 0 aliphatic heterocycles. The smallest absolute Gasteiger partial charge is 0.137 e. The Morgan fingerprint density at radius 2 is 2.10 bits per heavy atom. The summed E-state index contributed by atoms with van der Waals surface area (Å²) >= 11 is 6.11. The Hall–Kier alpha value is -0.730. The van der Waals surface area contributed by atoms with Crippen molar-refractivity contribution < 1.29 is 9.84 Å². The van der Waals surface area contributed by atoms with Crippen LogP contribution in [-0.2, 0) is 5.60 Å². The predicted molar refractivity (Wildman–Crippen MR) is 78.9 cm³/mol. The van der Waals surface area contributed by atoms with Crippen LogP contribution in [0.3, 0.4) is 0 Å². The zero-order valence-electron chi connectivity index (χ0n) is 11.8. The predicted octanol–water partition coefficient (Wildman–Crippen LogP) is 3.99. The van der Waals surface area contributed by atoms with Crippen LogP contribution in [-0.4, -0.2) is 12.2 Å². The summed E-state index contributed by atoms with van der Waals surface area (Å²) < 4.78 is 5.31. The fraction of sp³-hybridized carbons (Fsp3) is 0.647. The highest BCUT2D eigenvalue weighted by atomic mass is 35.5. The minimum atomic E-state index is -0.659. The number of hydrogen-bond acceptors (Lipinski definition) is 2. The molecule has 20 heavy (non-hydrogen) atoms. The Kier molecular flexibility index (Phi) is 2.84. The number of benzene rings is 1. The average Bonchev–Trinajstić information content (AvgIpc) is 3.10. The lowest BCUT2D eigenvalue weighted by Gasteiger charge is -2.39. The zero-order valence-corrected chi connectivity index (χ0v) is 12.6. The topological polar surface area (TPSA) is 29.5 Å². The van der Waals surface area contributed by atoms with Crippen LogP contribution in [0.4, 0.5) is 0 Å². The van der Waals surface area contributed by atoms with Gasteiger partial charge in [-0.15, -0.1) is 0 Å². The lowest BCUT2D eigenvalue weighted by Crippen LogP contribution is -2.38. The van der Waals surface area contributed by atoms with Crippen molar-refractivity contribution in [2.45, 2.75) is 37.7 Å². The van der Waals surface area contributed by atoms with Crippen LogP contribution in [0.1, 0.15) is 37.7 Å². The first-order chi connectivity index (χ1) is 9.63. The van der Waals surface area contributed by atoms with Gasteiger partial charge in [0.15, 0.2) is 0 Å². The molecule has 0 radical (unpaired) electrons. The minimum absolute atomic E-state index is 0.436. The maximum Gasteiger partial charge on any atom is 0.137 e. The number of methoxy groups -OCH3 is 1. The summed E-state index contributed by atoms with van der Waals surface area (Å²) in [6.07, 6.45) is 6.16. The van der Waals surface area contributed by atoms with Crippen LogP contribution in [0.25, 0.3) is 0 Å². The Bertz CT molecular complexity index is 544. The van der Waals surface area contributed by atoms with Gasteiger partial charge in [0, 0.05) is 0 Å². The van der Waals surface area contributed by atoms with E-state index in [9.17, 15) is 5.11 Å². The van der Waals surface area contributed by atoms with E-state index in [4.69, 9.17) is 16.3 Å². The molecule has 0 aromatic heterocycles. The van der Waals surface area contributed by atoms with Crippen LogP contribution in [0, 0.1) is 23.7 Å². The molecule has 0 heterocycles. The molecule has 2 nitrogen and oxygen atoms in total. The molecule has 3 fully saturated rings. The molecule has 0 saturated heterocycles. The summed E-state index contributed by atoms with van der Waals surface area (Å²) in [6.45, 7) is 0. The standard InChI is InChI=1S/C17H21ClO2/c1-20-16-8-11(5-6-15(16)18)17(19)9-10-7-14(17)13-4-2-3-12(10)13/h5-6,8,10,12-14,19H,2-4,7,9H2,1H3. The van der Waals surface area contributed by atoms with Gasteiger partial charge in [-0.3, -0.25) is 0 Å². The molecule has 3 saturated carbocycles. The second-order valence-electron chi connectivity index (χ2n) is 6.84. The molecule has 1 aromatic carbocycles. The van der Waals surface area contributed by atoms with E-state index in [-0.39, 0.29) is 0 Å². The first-order valence-electron chi connectivity index (χ1n) is 7.70. The van der Waals surface area contributed by atoms with E-state index in [1.807, 2.05) is 18.2 Å². The van der Waals surface area contributed by atoms with Crippen LogP contribution >= 0.6 is 11.6 Å². The first-order valence-corrected chi connectivity index (χ1v) is 8.07. The fourth-order valence-corrected chi connectivity index (χ4v) is 5.57. The summed E-state index contributed by atoms with van der Waals surface area (Å²) in [5, 5.41) is 11.9. The lowest BCUT2D eigenvalue weighted by atomic mass is 9.70. The Morgan fingerprint density at radius 1 is 1.30 bits per heavy atom. The highest BCUT2D eigenvalue weighted by molar-refractivity contribution is 6.32. The number of halogens is 1. The van der Waals surface area contributed by atoms with Crippen molar-refractivity contribution in [1.29, 1.82) is 0 Å². The highest BCUT2D eigenvalue weighted by Gasteiger charge is 2.60. The molecule has 3 aliphatic carbocycles. The summed E-state index contributed by atoms with van der Waals surface area (Å²) in [5.74, 6) is 3.45. The van der Waals surface area contributed by atoms with Crippen molar-refractivity contribution in [2.75, 3.05) is 7.11 Å². The molecular weight excluding hydrogens is 272 g/mol. The molecule has 3 heteroatoms. The highest BCUT2D eigenvalue weighted by Crippen LogP contribution is 2.65. The summed E-state index contributed by atoms with van der Waals surface area (Å²) in [7, 11) is 1.63. The third kappa shape index (κ3) is 1.61. The van der Waals surface area contributed by atoms with Crippen molar-refractivity contribution in [3.63, 3.8) is 0 Å². The van der Waals surface area contributed by atoms with Gasteiger partial charge in [-0.25, -0.2) is 0 Å². The van der Waals surface area contributed by atoms with E-state index < -0.39 is 5.60 Å². The van der Waals surface area contributed by atoms with Crippen molar-refractivity contribution in [3.05, 3.63) is 28.8 Å². The maximum absolute atomic E-state index is 11.3. The molecule has 108 valence electrons. The summed E-state index contributed by atoms with van der Waals surface area (Å²) in [4.78, 5) is 0. The third-order valence-corrected chi connectivity index (χ3v) is 6.45. The Labute approximate surface area is 125 Å². The van der Waals surface area contributed by atoms with Crippen molar-refractivity contribution >= 4 is 11.6 Å². The van der Waals surface area contributed by atoms with Gasteiger partial charge in [0.1, 0.15) is 5.75 Å². The van der Waals surface area contributed by atoms with Gasteiger partial charge in [0.2, 0.25) is 0 Å². The van der Waals surface area contributed by atoms with Gasteiger partial charge in [-0.05, 0) is 67.1 Å². The van der Waals surface area contributed by atoms with Gasteiger partial charge in [-0.1, -0.05) is 24.1 Å². The third-order valence-electron chi connectivity index (χ3n) is 6.14. The number of rotatable bonds is 2. The molecule has 5 atom stereocenters. The number of aliphatic hydroxyl groups is 1. The Balaban J connectivity index is 1.72. The van der Waals surface area contributed by atoms with Gasteiger partial charge in [0.05, 0.1) is 17.7 Å². The molecule has 0 amide bonds. The van der Waals surface area contributed by atoms with Gasteiger partial charge >= 0.3 is 0 Å². The van der Waals surface area contributed by atoms with Gasteiger partial charge in [0.25, 0.3) is 0 Å². The van der Waals surface area contributed by atoms with Crippen LogP contribution in [0.15, 0.2) is 18.2 Å². The number of ether oxygens (including phenoxy) is 1. The van der Waals surface area contributed by atoms with Crippen molar-refractivity contribution in [2.24, 2.45) is 23.7 Å². The SMILES string of the molecule is COc1cc(C2(O)CC3CC2C2CCCC32)ccc1Cl. The minimum Gasteiger partial charge on any atom is -0.495 e. The second kappa shape index (κ2) is 4.38. The van der Waals surface area contributed by atoms with Crippen LogP contribution in [0.2, 0.25) is 5.02 Å². The van der Waals surface area contributed by atoms with E-state index in [2.05, 4.69) is 0 Å². The fourth-order valence-electron chi connectivity index (χ4n) is 5.37. The van der Waals surface area contributed by atoms with E-state index in [1.165, 1.54) is 25.7 Å². The zero-order chi connectivity index (χ0) is 13.9. The molecular formula is C17H21ClO2. The molecule has 3 aliphatic rings. The molecule has 0 spiro atoms. The van der Waals surface area contributed by atoms with E-state index in [1.54, 1.807) is 7.11 Å². The van der Waals surface area contributed by atoms with E-state index >= 15 is 0 Å². The molecule has 4 rings (SSSR count). The lowest BCUT2D eigenvalue weighted by molar-refractivity contribution is -0.0513. The van der Waals surface area contributed by atoms with Crippen molar-refractivity contribution in [1.82, 2.24) is 0 Å². The average molecular weight is 293 g/mol. The van der Waals surface area contributed by atoms with E-state index in [0.29, 0.717) is 16.7 Å². The molecule has 5 unspecified atom stereocenters. The quantitative estimate of drug-likeness (QED) is 0.893. The second-order valence-corrected chi connectivity index (χ2v) is 7.25. The largest absolute Gasteiger partial charge is 0.495 e. The molecule has 2 bridgehead atoms.